The third-order valence-corrected chi connectivity index (χ3v) is 2.34. The summed E-state index contributed by atoms with van der Waals surface area (Å²) in [5, 5.41) is 12.1. The fourth-order valence-electron chi connectivity index (χ4n) is 1.55. The van der Waals surface area contributed by atoms with Gasteiger partial charge in [-0.3, -0.25) is 0 Å². The minimum atomic E-state index is -0.357. The van der Waals surface area contributed by atoms with Crippen LogP contribution in [0, 0.1) is 0 Å². The third kappa shape index (κ3) is 3.51. The number of nitrogens with two attached hydrogens (primary N) is 1. The molecule has 14 heavy (non-hydrogen) atoms. The van der Waals surface area contributed by atoms with Gasteiger partial charge in [0.2, 0.25) is 0 Å². The molecule has 5 nitrogen and oxygen atoms in total. The summed E-state index contributed by atoms with van der Waals surface area (Å²) in [6, 6.07) is -0.0859. The number of aliphatic hydroxyl groups excluding tert-OH is 1. The van der Waals surface area contributed by atoms with E-state index in [1.54, 1.807) is 4.90 Å². The zero-order valence-electron chi connectivity index (χ0n) is 8.41. The van der Waals surface area contributed by atoms with E-state index in [0.717, 1.165) is 25.8 Å². The summed E-state index contributed by atoms with van der Waals surface area (Å²) in [5.41, 5.74) is 5.31. The van der Waals surface area contributed by atoms with Crippen molar-refractivity contribution in [3.63, 3.8) is 0 Å². The van der Waals surface area contributed by atoms with Gasteiger partial charge in [-0.1, -0.05) is 0 Å². The molecule has 1 aliphatic rings. The Morgan fingerprint density at radius 2 is 2.43 bits per heavy atom. The number of urea groups is 1. The molecule has 2 amide bonds. The molecular weight excluding hydrogens is 182 g/mol. The maximum absolute atomic E-state index is 11.5. The van der Waals surface area contributed by atoms with Crippen molar-refractivity contribution in [1.29, 1.82) is 0 Å². The predicted octanol–water partition coefficient (Wildman–Crippen LogP) is -0.498. The number of aliphatic hydroxyl groups is 1. The zero-order valence-corrected chi connectivity index (χ0v) is 8.41. The molecule has 0 spiro atoms. The van der Waals surface area contributed by atoms with E-state index >= 15 is 0 Å². The number of nitrogens with zero attached hydrogens (tertiary/aromatic N) is 1. The minimum Gasteiger partial charge on any atom is -0.391 e. The highest BCUT2D eigenvalue weighted by atomic mass is 16.3. The van der Waals surface area contributed by atoms with Crippen LogP contribution in [0.2, 0.25) is 0 Å². The fourth-order valence-corrected chi connectivity index (χ4v) is 1.55. The van der Waals surface area contributed by atoms with Crippen molar-refractivity contribution in [1.82, 2.24) is 10.2 Å². The van der Waals surface area contributed by atoms with Crippen molar-refractivity contribution in [2.24, 2.45) is 5.73 Å². The Morgan fingerprint density at radius 1 is 1.64 bits per heavy atom. The first-order chi connectivity index (χ1) is 6.74. The van der Waals surface area contributed by atoms with Crippen molar-refractivity contribution >= 4 is 6.03 Å². The van der Waals surface area contributed by atoms with Crippen LogP contribution in [0.15, 0.2) is 0 Å². The van der Waals surface area contributed by atoms with Gasteiger partial charge in [-0.05, 0) is 25.8 Å². The van der Waals surface area contributed by atoms with E-state index < -0.39 is 0 Å². The van der Waals surface area contributed by atoms with Gasteiger partial charge in [-0.25, -0.2) is 4.79 Å². The van der Waals surface area contributed by atoms with Crippen LogP contribution < -0.4 is 11.1 Å². The lowest BCUT2D eigenvalue weighted by molar-refractivity contribution is 0.0843. The lowest BCUT2D eigenvalue weighted by Gasteiger charge is -2.30. The lowest BCUT2D eigenvalue weighted by Crippen LogP contribution is -2.47. The number of nitrogens with one attached hydrogen (secondary N) is 1. The van der Waals surface area contributed by atoms with E-state index in [1.807, 2.05) is 0 Å². The van der Waals surface area contributed by atoms with Crippen LogP contribution in [0.25, 0.3) is 0 Å². The van der Waals surface area contributed by atoms with Crippen molar-refractivity contribution < 1.29 is 9.90 Å². The molecule has 1 rings (SSSR count). The van der Waals surface area contributed by atoms with E-state index in [9.17, 15) is 9.90 Å². The molecule has 0 saturated carbocycles. The zero-order chi connectivity index (χ0) is 10.4. The number of rotatable bonds is 3. The second kappa shape index (κ2) is 5.82. The number of likely N-dealkylation sites (tertiary alicyclic amines) is 1. The number of piperidine rings is 1. The molecule has 0 aromatic carbocycles. The van der Waals surface area contributed by atoms with Crippen molar-refractivity contribution in [2.75, 3.05) is 26.2 Å². The van der Waals surface area contributed by atoms with Gasteiger partial charge in [0.15, 0.2) is 0 Å². The third-order valence-electron chi connectivity index (χ3n) is 2.34. The maximum atomic E-state index is 11.5. The van der Waals surface area contributed by atoms with Crippen LogP contribution in [0.1, 0.15) is 19.3 Å². The number of hydrogen-bond donors (Lipinski definition) is 3. The van der Waals surface area contributed by atoms with Gasteiger partial charge in [0, 0.05) is 19.6 Å². The Morgan fingerprint density at radius 3 is 3.07 bits per heavy atom. The topological polar surface area (TPSA) is 78.6 Å². The normalized spacial score (nSPS) is 22.1. The second-order valence-corrected chi connectivity index (χ2v) is 3.62. The summed E-state index contributed by atoms with van der Waals surface area (Å²) < 4.78 is 0. The molecule has 1 aliphatic heterocycles. The molecule has 1 fully saturated rings. The number of hydrogen-bond acceptors (Lipinski definition) is 3. The van der Waals surface area contributed by atoms with Crippen LogP contribution in [0.3, 0.4) is 0 Å². The van der Waals surface area contributed by atoms with E-state index in [1.165, 1.54) is 0 Å². The Labute approximate surface area is 84.3 Å². The van der Waals surface area contributed by atoms with E-state index in [2.05, 4.69) is 5.32 Å². The maximum Gasteiger partial charge on any atom is 0.317 e. The SMILES string of the molecule is NCCCNC(=O)N1CCCC(O)C1. The lowest BCUT2D eigenvalue weighted by atomic mass is 10.1. The van der Waals surface area contributed by atoms with Crippen LogP contribution in [-0.2, 0) is 0 Å². The molecule has 82 valence electrons. The van der Waals surface area contributed by atoms with Gasteiger partial charge in [0.1, 0.15) is 0 Å². The standard InChI is InChI=1S/C9H19N3O2/c10-4-2-5-11-9(14)12-6-1-3-8(13)7-12/h8,13H,1-7,10H2,(H,11,14). The van der Waals surface area contributed by atoms with Gasteiger partial charge in [0.25, 0.3) is 0 Å². The average molecular weight is 201 g/mol. The Hall–Kier alpha value is -0.810. The Kier molecular flexibility index (Phi) is 4.69. The van der Waals surface area contributed by atoms with Crippen molar-refractivity contribution in [3.05, 3.63) is 0 Å². The largest absolute Gasteiger partial charge is 0.391 e. The quantitative estimate of drug-likeness (QED) is 0.539. The molecule has 0 aromatic rings. The predicted molar refractivity (Wildman–Crippen MR) is 53.9 cm³/mol. The molecule has 0 aliphatic carbocycles. The van der Waals surface area contributed by atoms with Gasteiger partial charge in [-0.15, -0.1) is 0 Å². The summed E-state index contributed by atoms with van der Waals surface area (Å²) in [6.07, 6.45) is 2.12. The Balaban J connectivity index is 2.22. The highest BCUT2D eigenvalue weighted by Gasteiger charge is 2.21. The Bertz CT molecular complexity index is 187. The molecule has 4 N–H and O–H groups in total. The van der Waals surface area contributed by atoms with Crippen molar-refractivity contribution in [2.45, 2.75) is 25.4 Å². The van der Waals surface area contributed by atoms with Gasteiger partial charge in [-0.2, -0.15) is 0 Å². The molecule has 1 atom stereocenters. The monoisotopic (exact) mass is 201 g/mol. The molecule has 1 heterocycles. The number of amides is 2. The number of carbonyl (C=O) groups excluding carboxylic acids is 1. The average Bonchev–Trinajstić information content (AvgIpc) is 2.18. The minimum absolute atomic E-state index is 0.0859. The van der Waals surface area contributed by atoms with Crippen LogP contribution in [0.5, 0.6) is 0 Å². The highest BCUT2D eigenvalue weighted by Crippen LogP contribution is 2.09. The summed E-state index contributed by atoms with van der Waals surface area (Å²) in [6.45, 7) is 2.39. The van der Waals surface area contributed by atoms with Crippen LogP contribution in [-0.4, -0.2) is 48.3 Å². The molecule has 0 aromatic heterocycles. The highest BCUT2D eigenvalue weighted by molar-refractivity contribution is 5.74. The number of β-amino-alcohol motifs (C(OH)–C–C–N with tert-alkyl or cyclic N) is 1. The summed E-state index contributed by atoms with van der Waals surface area (Å²) in [7, 11) is 0. The van der Waals surface area contributed by atoms with Crippen LogP contribution >= 0.6 is 0 Å². The first-order valence-electron chi connectivity index (χ1n) is 5.15. The first kappa shape index (κ1) is 11.3. The summed E-state index contributed by atoms with van der Waals surface area (Å²) in [5.74, 6) is 0. The first-order valence-corrected chi connectivity index (χ1v) is 5.15. The molecule has 0 bridgehead atoms. The molecule has 0 radical (unpaired) electrons. The smallest absolute Gasteiger partial charge is 0.317 e. The van der Waals surface area contributed by atoms with E-state index in [-0.39, 0.29) is 12.1 Å². The van der Waals surface area contributed by atoms with E-state index in [4.69, 9.17) is 5.73 Å². The van der Waals surface area contributed by atoms with E-state index in [0.29, 0.717) is 19.6 Å². The van der Waals surface area contributed by atoms with Gasteiger partial charge >= 0.3 is 6.03 Å². The number of carbonyl (C=O) groups is 1. The fraction of sp³-hybridized carbons (Fsp3) is 0.889. The molecule has 1 unspecified atom stereocenters. The second-order valence-electron chi connectivity index (χ2n) is 3.62. The molecular formula is C9H19N3O2. The van der Waals surface area contributed by atoms with Gasteiger partial charge < -0.3 is 21.1 Å². The van der Waals surface area contributed by atoms with Crippen molar-refractivity contribution in [3.8, 4) is 0 Å². The van der Waals surface area contributed by atoms with Gasteiger partial charge in [0.05, 0.1) is 6.10 Å². The molecule has 1 saturated heterocycles. The summed E-state index contributed by atoms with van der Waals surface area (Å²) >= 11 is 0. The van der Waals surface area contributed by atoms with Crippen LogP contribution in [0.4, 0.5) is 4.79 Å². The summed E-state index contributed by atoms with van der Waals surface area (Å²) in [4.78, 5) is 13.1. The molecule has 5 heteroatoms.